The summed E-state index contributed by atoms with van der Waals surface area (Å²) in [7, 11) is -5.07. The van der Waals surface area contributed by atoms with Crippen molar-refractivity contribution in [2.75, 3.05) is 26.4 Å². The number of carbonyl (C=O) groups excluding carboxylic acids is 1. The summed E-state index contributed by atoms with van der Waals surface area (Å²) >= 11 is 0. The van der Waals surface area contributed by atoms with Crippen LogP contribution in [0, 0.1) is 0 Å². The second kappa shape index (κ2) is 45.4. The molecule has 0 amide bonds. The molecule has 1 aliphatic heterocycles. The minimum atomic E-state index is -5.07. The molecule has 0 aromatic heterocycles. The Hall–Kier alpha value is -2.72. The van der Waals surface area contributed by atoms with E-state index in [9.17, 15) is 33.1 Å². The summed E-state index contributed by atoms with van der Waals surface area (Å²) in [4.78, 5) is 12.9. The molecule has 6 unspecified atom stereocenters. The molecule has 1 rings (SSSR count). The predicted molar refractivity (Wildman–Crippen MR) is 275 cm³/mol. The van der Waals surface area contributed by atoms with E-state index in [2.05, 4.69) is 103 Å². The highest BCUT2D eigenvalue weighted by Gasteiger charge is 2.48. The van der Waals surface area contributed by atoms with E-state index in [4.69, 9.17) is 18.9 Å². The van der Waals surface area contributed by atoms with E-state index in [0.717, 1.165) is 109 Å². The van der Waals surface area contributed by atoms with Gasteiger partial charge in [0.25, 0.3) is 0 Å². The fraction of sp³-hybridized carbons (Fsp3) is 0.727. The van der Waals surface area contributed by atoms with E-state index in [1.165, 1.54) is 57.8 Å². The number of aliphatic hydroxyl groups is 3. The van der Waals surface area contributed by atoms with Crippen LogP contribution in [0.4, 0.5) is 0 Å². The Kier molecular flexibility index (Phi) is 42.3. The normalized spacial score (nSPS) is 20.0. The molecule has 6 atom stereocenters. The fourth-order valence-electron chi connectivity index (χ4n) is 7.55. The van der Waals surface area contributed by atoms with Crippen molar-refractivity contribution in [2.24, 2.45) is 0 Å². The van der Waals surface area contributed by atoms with Crippen LogP contribution in [0.3, 0.4) is 0 Å². The Morgan fingerprint density at radius 2 is 1.01 bits per heavy atom. The number of hydrogen-bond acceptors (Lipinski definition) is 11. The average Bonchev–Trinajstić information content (AvgIpc) is 3.31. The maximum absolute atomic E-state index is 12.9. The lowest BCUT2D eigenvalue weighted by Crippen LogP contribution is -2.60. The molecular formula is C55H94O12S. The molecule has 0 bridgehead atoms. The average molecular weight is 979 g/mol. The summed E-state index contributed by atoms with van der Waals surface area (Å²) in [6.45, 7) is 3.82. The Balaban J connectivity index is 2.38. The second-order valence-corrected chi connectivity index (χ2v) is 18.8. The van der Waals surface area contributed by atoms with Crippen molar-refractivity contribution < 1.29 is 56.2 Å². The summed E-state index contributed by atoms with van der Waals surface area (Å²) < 4.78 is 59.3. The van der Waals surface area contributed by atoms with E-state index in [1.54, 1.807) is 0 Å². The van der Waals surface area contributed by atoms with Gasteiger partial charge >= 0.3 is 16.4 Å². The van der Waals surface area contributed by atoms with Crippen molar-refractivity contribution in [3.05, 3.63) is 85.1 Å². The Bertz CT molecular complexity index is 1500. The molecule has 0 aliphatic carbocycles. The number of hydrogen-bond donors (Lipinski definition) is 4. The highest BCUT2D eigenvalue weighted by molar-refractivity contribution is 7.80. The minimum absolute atomic E-state index is 0.0183. The molecule has 0 saturated carbocycles. The molecule has 0 spiro atoms. The third-order valence-corrected chi connectivity index (χ3v) is 12.0. The quantitative estimate of drug-likeness (QED) is 0.0197. The number of esters is 1. The zero-order valence-corrected chi connectivity index (χ0v) is 43.0. The molecule has 1 saturated heterocycles. The molecule has 0 aromatic rings. The van der Waals surface area contributed by atoms with Crippen LogP contribution in [-0.2, 0) is 38.3 Å². The van der Waals surface area contributed by atoms with E-state index >= 15 is 0 Å². The van der Waals surface area contributed by atoms with Crippen molar-refractivity contribution in [1.82, 2.24) is 0 Å². The number of unbranched alkanes of at least 4 members (excludes halogenated alkanes) is 18. The maximum Gasteiger partial charge on any atom is 0.397 e. The topological polar surface area (TPSA) is 178 Å². The van der Waals surface area contributed by atoms with Crippen molar-refractivity contribution in [3.63, 3.8) is 0 Å². The van der Waals surface area contributed by atoms with Gasteiger partial charge in [-0.3, -0.25) is 9.35 Å². The van der Waals surface area contributed by atoms with Crippen LogP contribution in [0.1, 0.15) is 194 Å². The summed E-state index contributed by atoms with van der Waals surface area (Å²) in [6.07, 6.45) is 51.8. The zero-order valence-electron chi connectivity index (χ0n) is 42.1. The number of aliphatic hydroxyl groups excluding tert-OH is 3. The molecule has 68 heavy (non-hydrogen) atoms. The lowest BCUT2D eigenvalue weighted by Gasteiger charge is -2.41. The Labute approximate surface area is 413 Å². The number of allylic oxidation sites excluding steroid dienone is 14. The zero-order chi connectivity index (χ0) is 49.6. The lowest BCUT2D eigenvalue weighted by atomic mass is 9.99. The molecule has 12 nitrogen and oxygen atoms in total. The Morgan fingerprint density at radius 3 is 1.49 bits per heavy atom. The third-order valence-electron chi connectivity index (χ3n) is 11.5. The number of ether oxygens (including phenoxy) is 4. The monoisotopic (exact) mass is 979 g/mol. The van der Waals surface area contributed by atoms with Gasteiger partial charge in [-0.05, 0) is 89.9 Å². The van der Waals surface area contributed by atoms with Crippen LogP contribution < -0.4 is 0 Å². The summed E-state index contributed by atoms with van der Waals surface area (Å²) in [6, 6.07) is 0. The van der Waals surface area contributed by atoms with E-state index in [-0.39, 0.29) is 19.6 Å². The number of rotatable bonds is 45. The fourth-order valence-corrected chi connectivity index (χ4v) is 8.06. The molecule has 4 N–H and O–H groups in total. The van der Waals surface area contributed by atoms with Gasteiger partial charge in [-0.15, -0.1) is 0 Å². The standard InChI is InChI=1S/C55H94O12S/c1-3-5-7-9-11-13-15-17-19-21-23-24-25-27-29-31-33-35-37-39-41-43-45-63-47-49(48-64-55-53(59)54(67-68(60,61)62)52(58)50(46-56)66-55)65-51(57)44-42-40-38-36-34-32-30-28-26-22-20-18-16-14-12-10-8-6-4-2/h6,8,12,14-15,17-18,20-21,23,25-28,49-50,52-56,58-59H,3-5,7,9-11,13,16,19,22,24,29-48H2,1-2H3,(H,60,61,62)/b8-6-,14-12-,17-15-,20-18-,23-21-,27-25-,28-26-. The van der Waals surface area contributed by atoms with Crippen molar-refractivity contribution >= 4 is 16.4 Å². The van der Waals surface area contributed by atoms with Gasteiger partial charge in [-0.2, -0.15) is 8.42 Å². The molecule has 0 aromatic carbocycles. The molecule has 0 radical (unpaired) electrons. The SMILES string of the molecule is CC/C=C\C/C=C\C/C=C\C/C=C\CCCCCCCCC(=O)OC(COCCCCCCCCC/C=C\C/C=C\C/C=C\CCCCCCC)COC1OC(CO)C(O)C(OS(=O)(=O)O)C1O. The summed E-state index contributed by atoms with van der Waals surface area (Å²) in [5, 5.41) is 30.8. The highest BCUT2D eigenvalue weighted by atomic mass is 32.3. The first-order chi connectivity index (χ1) is 33.1. The van der Waals surface area contributed by atoms with Crippen LogP contribution in [-0.4, -0.2) is 97.5 Å². The molecule has 1 aliphatic rings. The van der Waals surface area contributed by atoms with Gasteiger partial charge < -0.3 is 34.3 Å². The van der Waals surface area contributed by atoms with Crippen LogP contribution >= 0.6 is 0 Å². The van der Waals surface area contributed by atoms with Crippen molar-refractivity contribution in [2.45, 2.75) is 230 Å². The van der Waals surface area contributed by atoms with Crippen LogP contribution in [0.2, 0.25) is 0 Å². The molecule has 392 valence electrons. The molecule has 1 fully saturated rings. The van der Waals surface area contributed by atoms with Gasteiger partial charge in [0, 0.05) is 13.0 Å². The summed E-state index contributed by atoms with van der Waals surface area (Å²) in [5.74, 6) is -0.419. The van der Waals surface area contributed by atoms with Gasteiger partial charge in [-0.1, -0.05) is 182 Å². The maximum atomic E-state index is 12.9. The van der Waals surface area contributed by atoms with Crippen LogP contribution in [0.5, 0.6) is 0 Å². The lowest BCUT2D eigenvalue weighted by molar-refractivity contribution is -0.301. The van der Waals surface area contributed by atoms with Crippen molar-refractivity contribution in [1.29, 1.82) is 0 Å². The summed E-state index contributed by atoms with van der Waals surface area (Å²) in [5.41, 5.74) is 0. The largest absolute Gasteiger partial charge is 0.457 e. The van der Waals surface area contributed by atoms with Gasteiger partial charge in [-0.25, -0.2) is 4.18 Å². The first-order valence-electron chi connectivity index (χ1n) is 26.3. The smallest absolute Gasteiger partial charge is 0.397 e. The van der Waals surface area contributed by atoms with Crippen LogP contribution in [0.15, 0.2) is 85.1 Å². The highest BCUT2D eigenvalue weighted by Crippen LogP contribution is 2.26. The van der Waals surface area contributed by atoms with Crippen molar-refractivity contribution in [3.8, 4) is 0 Å². The predicted octanol–water partition coefficient (Wildman–Crippen LogP) is 12.4. The molecular weight excluding hydrogens is 885 g/mol. The number of carbonyl (C=O) groups is 1. The van der Waals surface area contributed by atoms with Gasteiger partial charge in [0.2, 0.25) is 0 Å². The third kappa shape index (κ3) is 38.1. The van der Waals surface area contributed by atoms with Gasteiger partial charge in [0.15, 0.2) is 6.29 Å². The van der Waals surface area contributed by atoms with Gasteiger partial charge in [0.1, 0.15) is 30.5 Å². The van der Waals surface area contributed by atoms with E-state index < -0.39 is 59.8 Å². The molecule has 13 heteroatoms. The van der Waals surface area contributed by atoms with E-state index in [0.29, 0.717) is 13.0 Å². The molecule has 1 heterocycles. The first kappa shape index (κ1) is 63.3. The van der Waals surface area contributed by atoms with E-state index in [1.807, 2.05) is 0 Å². The van der Waals surface area contributed by atoms with Gasteiger partial charge in [0.05, 0.1) is 19.8 Å². The van der Waals surface area contributed by atoms with Crippen LogP contribution in [0.25, 0.3) is 0 Å². The Morgan fingerprint density at radius 1 is 0.574 bits per heavy atom. The first-order valence-corrected chi connectivity index (χ1v) is 27.7. The second-order valence-electron chi connectivity index (χ2n) is 17.7. The minimum Gasteiger partial charge on any atom is -0.457 e.